The fourth-order valence-corrected chi connectivity index (χ4v) is 3.02. The van der Waals surface area contributed by atoms with E-state index in [1.165, 1.54) is 17.3 Å². The first-order chi connectivity index (χ1) is 9.40. The molecule has 0 unspecified atom stereocenters. The first-order valence-electron chi connectivity index (χ1n) is 6.66. The number of imidazole rings is 1. The highest BCUT2D eigenvalue weighted by atomic mass is 32.2. The van der Waals surface area contributed by atoms with Gasteiger partial charge < -0.3 is 4.57 Å². The summed E-state index contributed by atoms with van der Waals surface area (Å²) in [6.07, 6.45) is 3.64. The standard InChI is InChI=1S/C16H20N2OS/c1-10-8-12(3)14(9-11(10)2)15(19)13(4)20-16-17-6-7-18(16)5/h6-9,13H,1-5H3/t13-/m0/s1. The monoisotopic (exact) mass is 288 g/mol. The fraction of sp³-hybridized carbons (Fsp3) is 0.375. The first-order valence-corrected chi connectivity index (χ1v) is 7.54. The number of aromatic nitrogens is 2. The molecule has 0 N–H and O–H groups in total. The summed E-state index contributed by atoms with van der Waals surface area (Å²) in [5.74, 6) is 0.165. The number of rotatable bonds is 4. The van der Waals surface area contributed by atoms with Crippen LogP contribution in [0, 0.1) is 20.8 Å². The van der Waals surface area contributed by atoms with Gasteiger partial charge in [0.2, 0.25) is 0 Å². The van der Waals surface area contributed by atoms with Crippen LogP contribution in [-0.4, -0.2) is 20.6 Å². The molecule has 106 valence electrons. The van der Waals surface area contributed by atoms with Gasteiger partial charge in [-0.1, -0.05) is 17.8 Å². The molecule has 0 bridgehead atoms. The third-order valence-electron chi connectivity index (χ3n) is 3.53. The van der Waals surface area contributed by atoms with E-state index in [9.17, 15) is 4.79 Å². The maximum Gasteiger partial charge on any atom is 0.176 e. The smallest absolute Gasteiger partial charge is 0.176 e. The molecule has 3 nitrogen and oxygen atoms in total. The van der Waals surface area contributed by atoms with E-state index in [1.807, 2.05) is 44.6 Å². The van der Waals surface area contributed by atoms with Gasteiger partial charge in [-0.25, -0.2) is 4.98 Å². The summed E-state index contributed by atoms with van der Waals surface area (Å²) in [5.41, 5.74) is 4.25. The van der Waals surface area contributed by atoms with Crippen LogP contribution in [0.25, 0.3) is 0 Å². The summed E-state index contributed by atoms with van der Waals surface area (Å²) in [5, 5.41) is 0.726. The molecule has 2 rings (SSSR count). The number of hydrogen-bond donors (Lipinski definition) is 0. The summed E-state index contributed by atoms with van der Waals surface area (Å²) in [4.78, 5) is 16.9. The Hall–Kier alpha value is -1.55. The molecule has 0 aliphatic rings. The third-order valence-corrected chi connectivity index (χ3v) is 4.71. The maximum atomic E-state index is 12.6. The van der Waals surface area contributed by atoms with E-state index in [-0.39, 0.29) is 11.0 Å². The Labute approximate surface area is 124 Å². The Morgan fingerprint density at radius 1 is 1.20 bits per heavy atom. The Kier molecular flexibility index (Phi) is 4.33. The summed E-state index contributed by atoms with van der Waals surface area (Å²) in [7, 11) is 1.94. The second kappa shape index (κ2) is 5.83. The molecule has 0 spiro atoms. The lowest BCUT2D eigenvalue weighted by atomic mass is 9.97. The van der Waals surface area contributed by atoms with Crippen LogP contribution in [0.2, 0.25) is 0 Å². The van der Waals surface area contributed by atoms with E-state index in [1.54, 1.807) is 6.20 Å². The number of nitrogens with zero attached hydrogens (tertiary/aromatic N) is 2. The van der Waals surface area contributed by atoms with Crippen molar-refractivity contribution in [1.82, 2.24) is 9.55 Å². The van der Waals surface area contributed by atoms with E-state index in [2.05, 4.69) is 18.0 Å². The highest BCUT2D eigenvalue weighted by Gasteiger charge is 2.20. The second-order valence-electron chi connectivity index (χ2n) is 5.20. The maximum absolute atomic E-state index is 12.6. The second-order valence-corrected chi connectivity index (χ2v) is 6.50. The summed E-state index contributed by atoms with van der Waals surface area (Å²) < 4.78 is 1.93. The van der Waals surface area contributed by atoms with Crippen LogP contribution in [0.15, 0.2) is 29.7 Å². The SMILES string of the molecule is Cc1cc(C)c(C(=O)[C@H](C)Sc2nccn2C)cc1C. The summed E-state index contributed by atoms with van der Waals surface area (Å²) >= 11 is 1.50. The Balaban J connectivity index is 2.23. The van der Waals surface area contributed by atoms with Gasteiger partial charge in [0.1, 0.15) is 0 Å². The van der Waals surface area contributed by atoms with Gasteiger partial charge in [0, 0.05) is 25.0 Å². The zero-order chi connectivity index (χ0) is 14.9. The first kappa shape index (κ1) is 14.9. The number of carbonyl (C=O) groups is 1. The third kappa shape index (κ3) is 2.96. The molecular formula is C16H20N2OS. The quantitative estimate of drug-likeness (QED) is 0.635. The predicted octanol–water partition coefficient (Wildman–Crippen LogP) is 3.71. The van der Waals surface area contributed by atoms with Crippen LogP contribution in [0.5, 0.6) is 0 Å². The zero-order valence-electron chi connectivity index (χ0n) is 12.6. The lowest BCUT2D eigenvalue weighted by molar-refractivity contribution is 0.0993. The number of Topliss-reactive ketones (excluding diaryl/α,β-unsaturated/α-hetero) is 1. The average molecular weight is 288 g/mol. The molecule has 0 saturated carbocycles. The lowest BCUT2D eigenvalue weighted by Gasteiger charge is -2.13. The van der Waals surface area contributed by atoms with Crippen molar-refractivity contribution in [3.05, 3.63) is 46.8 Å². The number of carbonyl (C=O) groups excluding carboxylic acids is 1. The van der Waals surface area contributed by atoms with Crippen molar-refractivity contribution < 1.29 is 4.79 Å². The van der Waals surface area contributed by atoms with Gasteiger partial charge in [-0.15, -0.1) is 0 Å². The molecule has 4 heteroatoms. The van der Waals surface area contributed by atoms with E-state index in [0.717, 1.165) is 21.8 Å². The minimum Gasteiger partial charge on any atom is -0.329 e. The largest absolute Gasteiger partial charge is 0.329 e. The van der Waals surface area contributed by atoms with Gasteiger partial charge in [-0.05, 0) is 50.5 Å². The van der Waals surface area contributed by atoms with Gasteiger partial charge in [0.05, 0.1) is 5.25 Å². The van der Waals surface area contributed by atoms with Crippen molar-refractivity contribution in [1.29, 1.82) is 0 Å². The summed E-state index contributed by atoms with van der Waals surface area (Å²) in [6.45, 7) is 8.05. The van der Waals surface area contributed by atoms with Crippen LogP contribution < -0.4 is 0 Å². The lowest BCUT2D eigenvalue weighted by Crippen LogP contribution is -2.16. The molecule has 1 atom stereocenters. The van der Waals surface area contributed by atoms with Crippen LogP contribution in [0.1, 0.15) is 34.0 Å². The van der Waals surface area contributed by atoms with Gasteiger partial charge in [0.15, 0.2) is 10.9 Å². The van der Waals surface area contributed by atoms with Crippen molar-refractivity contribution in [3.8, 4) is 0 Å². The highest BCUT2D eigenvalue weighted by molar-refractivity contribution is 8.00. The highest BCUT2D eigenvalue weighted by Crippen LogP contribution is 2.26. The van der Waals surface area contributed by atoms with E-state index < -0.39 is 0 Å². The number of thioether (sulfide) groups is 1. The molecule has 0 radical (unpaired) electrons. The normalized spacial score (nSPS) is 12.4. The number of benzene rings is 1. The predicted molar refractivity (Wildman–Crippen MR) is 83.5 cm³/mol. The van der Waals surface area contributed by atoms with Gasteiger partial charge >= 0.3 is 0 Å². The minimum absolute atomic E-state index is 0.142. The van der Waals surface area contributed by atoms with Crippen molar-refractivity contribution in [2.24, 2.45) is 7.05 Å². The summed E-state index contributed by atoms with van der Waals surface area (Å²) in [6, 6.07) is 4.09. The molecule has 2 aromatic rings. The Morgan fingerprint density at radius 2 is 1.85 bits per heavy atom. The molecular weight excluding hydrogens is 268 g/mol. The molecule has 1 aromatic heterocycles. The Bertz CT molecular complexity index is 646. The van der Waals surface area contributed by atoms with Gasteiger partial charge in [-0.2, -0.15) is 0 Å². The molecule has 0 fully saturated rings. The van der Waals surface area contributed by atoms with Crippen molar-refractivity contribution in [2.45, 2.75) is 38.1 Å². The molecule has 20 heavy (non-hydrogen) atoms. The van der Waals surface area contributed by atoms with Crippen molar-refractivity contribution in [2.75, 3.05) is 0 Å². The molecule has 0 saturated heterocycles. The van der Waals surface area contributed by atoms with Gasteiger partial charge in [0.25, 0.3) is 0 Å². The minimum atomic E-state index is -0.142. The van der Waals surface area contributed by atoms with E-state index >= 15 is 0 Å². The molecule has 0 aliphatic carbocycles. The molecule has 1 heterocycles. The van der Waals surface area contributed by atoms with E-state index in [4.69, 9.17) is 0 Å². The van der Waals surface area contributed by atoms with E-state index in [0.29, 0.717) is 0 Å². The average Bonchev–Trinajstić information content (AvgIpc) is 2.78. The Morgan fingerprint density at radius 3 is 2.45 bits per heavy atom. The molecule has 0 aliphatic heterocycles. The van der Waals surface area contributed by atoms with Crippen LogP contribution >= 0.6 is 11.8 Å². The number of aryl methyl sites for hydroxylation is 4. The number of hydrogen-bond acceptors (Lipinski definition) is 3. The van der Waals surface area contributed by atoms with Crippen LogP contribution in [0.4, 0.5) is 0 Å². The van der Waals surface area contributed by atoms with Crippen LogP contribution in [-0.2, 0) is 7.05 Å². The van der Waals surface area contributed by atoms with Gasteiger partial charge in [-0.3, -0.25) is 4.79 Å². The van der Waals surface area contributed by atoms with Crippen LogP contribution in [0.3, 0.4) is 0 Å². The molecule has 1 aromatic carbocycles. The van der Waals surface area contributed by atoms with Crippen molar-refractivity contribution >= 4 is 17.5 Å². The number of ketones is 1. The fourth-order valence-electron chi connectivity index (χ4n) is 2.12. The zero-order valence-corrected chi connectivity index (χ0v) is 13.4. The topological polar surface area (TPSA) is 34.9 Å². The van der Waals surface area contributed by atoms with Crippen molar-refractivity contribution in [3.63, 3.8) is 0 Å². The molecule has 0 amide bonds.